The summed E-state index contributed by atoms with van der Waals surface area (Å²) < 4.78 is 1.29. The highest BCUT2D eigenvalue weighted by Gasteiger charge is 2.08. The van der Waals surface area contributed by atoms with Gasteiger partial charge in [0.15, 0.2) is 0 Å². The minimum Gasteiger partial charge on any atom is -0.398 e. The van der Waals surface area contributed by atoms with Crippen LogP contribution in [0.25, 0.3) is 11.1 Å². The summed E-state index contributed by atoms with van der Waals surface area (Å²) in [7, 11) is 0. The van der Waals surface area contributed by atoms with Gasteiger partial charge < -0.3 is 5.73 Å². The van der Waals surface area contributed by atoms with Crippen LogP contribution in [0.3, 0.4) is 0 Å². The second kappa shape index (κ2) is 7.84. The molecule has 0 saturated carbocycles. The number of hydrogen-bond acceptors (Lipinski definition) is 1. The smallest absolute Gasteiger partial charge is 0.0396 e. The summed E-state index contributed by atoms with van der Waals surface area (Å²) in [6.45, 7) is 2.30. The van der Waals surface area contributed by atoms with Crippen molar-refractivity contribution in [2.24, 2.45) is 0 Å². The first-order valence-electron chi connectivity index (χ1n) is 8.33. The average Bonchev–Trinajstić information content (AvgIpc) is 2.61. The van der Waals surface area contributed by atoms with Crippen molar-refractivity contribution in [1.29, 1.82) is 0 Å². The van der Waals surface area contributed by atoms with Crippen LogP contribution in [0.15, 0.2) is 72.8 Å². The standard InChI is InChI=1S/C22H22IN/c1-16(18-10-12-20(23)13-11-18)7-8-17-9-14-21(22(24)15-17)19-5-3-2-4-6-19/h2-6,9-16H,7-8,24H2,1H3. The lowest BCUT2D eigenvalue weighted by atomic mass is 9.93. The second-order valence-electron chi connectivity index (χ2n) is 6.28. The van der Waals surface area contributed by atoms with Gasteiger partial charge in [-0.15, -0.1) is 0 Å². The van der Waals surface area contributed by atoms with Crippen LogP contribution in [0.1, 0.15) is 30.4 Å². The first kappa shape index (κ1) is 17.0. The Morgan fingerprint density at radius 1 is 0.917 bits per heavy atom. The fourth-order valence-electron chi connectivity index (χ4n) is 2.99. The highest BCUT2D eigenvalue weighted by atomic mass is 127. The van der Waals surface area contributed by atoms with Gasteiger partial charge in [0.05, 0.1) is 0 Å². The highest BCUT2D eigenvalue weighted by Crippen LogP contribution is 2.28. The summed E-state index contributed by atoms with van der Waals surface area (Å²) >= 11 is 2.35. The molecular weight excluding hydrogens is 405 g/mol. The van der Waals surface area contributed by atoms with E-state index in [1.54, 1.807) is 0 Å². The maximum atomic E-state index is 6.29. The molecule has 0 radical (unpaired) electrons. The van der Waals surface area contributed by atoms with Crippen molar-refractivity contribution in [3.05, 3.63) is 87.5 Å². The van der Waals surface area contributed by atoms with E-state index in [-0.39, 0.29) is 0 Å². The molecular formula is C22H22IN. The van der Waals surface area contributed by atoms with Crippen molar-refractivity contribution in [3.8, 4) is 11.1 Å². The van der Waals surface area contributed by atoms with Crippen LogP contribution in [0.5, 0.6) is 0 Å². The van der Waals surface area contributed by atoms with E-state index in [4.69, 9.17) is 5.73 Å². The van der Waals surface area contributed by atoms with Gasteiger partial charge in [0.25, 0.3) is 0 Å². The Balaban J connectivity index is 1.68. The van der Waals surface area contributed by atoms with Crippen molar-refractivity contribution in [1.82, 2.24) is 0 Å². The molecule has 0 heterocycles. The van der Waals surface area contributed by atoms with E-state index in [1.165, 1.54) is 20.3 Å². The molecule has 1 atom stereocenters. The van der Waals surface area contributed by atoms with Gasteiger partial charge in [0, 0.05) is 14.8 Å². The Kier molecular flexibility index (Phi) is 5.56. The number of aryl methyl sites for hydroxylation is 1. The molecule has 24 heavy (non-hydrogen) atoms. The summed E-state index contributed by atoms with van der Waals surface area (Å²) in [5.74, 6) is 0.553. The SMILES string of the molecule is CC(CCc1ccc(-c2ccccc2)c(N)c1)c1ccc(I)cc1. The van der Waals surface area contributed by atoms with Crippen LogP contribution in [-0.4, -0.2) is 0 Å². The maximum Gasteiger partial charge on any atom is 0.0396 e. The normalized spacial score (nSPS) is 12.1. The number of hydrogen-bond donors (Lipinski definition) is 1. The number of halogens is 1. The Labute approximate surface area is 158 Å². The fraction of sp³-hybridized carbons (Fsp3) is 0.182. The molecule has 2 heteroatoms. The first-order valence-corrected chi connectivity index (χ1v) is 9.40. The third kappa shape index (κ3) is 4.18. The highest BCUT2D eigenvalue weighted by molar-refractivity contribution is 14.1. The Bertz CT molecular complexity index is 794. The van der Waals surface area contributed by atoms with Gasteiger partial charge in [-0.25, -0.2) is 0 Å². The predicted molar refractivity (Wildman–Crippen MR) is 112 cm³/mol. The molecule has 0 bridgehead atoms. The predicted octanol–water partition coefficient (Wildman–Crippen LogP) is 6.28. The molecule has 3 rings (SSSR count). The molecule has 3 aromatic rings. The van der Waals surface area contributed by atoms with E-state index >= 15 is 0 Å². The van der Waals surface area contributed by atoms with Crippen LogP contribution in [0, 0.1) is 3.57 Å². The quantitative estimate of drug-likeness (QED) is 0.377. The molecule has 3 aromatic carbocycles. The van der Waals surface area contributed by atoms with Gasteiger partial charge in [-0.1, -0.05) is 61.5 Å². The third-order valence-electron chi connectivity index (χ3n) is 4.51. The Morgan fingerprint density at radius 3 is 2.29 bits per heavy atom. The van der Waals surface area contributed by atoms with Crippen LogP contribution >= 0.6 is 22.6 Å². The lowest BCUT2D eigenvalue weighted by molar-refractivity contribution is 0.679. The van der Waals surface area contributed by atoms with Crippen molar-refractivity contribution in [3.63, 3.8) is 0 Å². The maximum absolute atomic E-state index is 6.29. The van der Waals surface area contributed by atoms with Crippen molar-refractivity contribution < 1.29 is 0 Å². The monoisotopic (exact) mass is 427 g/mol. The Morgan fingerprint density at radius 2 is 1.62 bits per heavy atom. The Hall–Kier alpha value is -1.81. The summed E-state index contributed by atoms with van der Waals surface area (Å²) in [5, 5.41) is 0. The molecule has 0 amide bonds. The molecule has 0 spiro atoms. The fourth-order valence-corrected chi connectivity index (χ4v) is 3.35. The van der Waals surface area contributed by atoms with Gasteiger partial charge in [-0.05, 0) is 76.2 Å². The van der Waals surface area contributed by atoms with Crippen molar-refractivity contribution in [2.45, 2.75) is 25.7 Å². The van der Waals surface area contributed by atoms with Gasteiger partial charge >= 0.3 is 0 Å². The molecule has 0 aromatic heterocycles. The molecule has 1 unspecified atom stereocenters. The number of anilines is 1. The summed E-state index contributed by atoms with van der Waals surface area (Å²) in [4.78, 5) is 0. The molecule has 0 aliphatic heterocycles. The number of rotatable bonds is 5. The van der Waals surface area contributed by atoms with Crippen LogP contribution in [0.4, 0.5) is 5.69 Å². The lowest BCUT2D eigenvalue weighted by Gasteiger charge is -2.13. The molecule has 122 valence electrons. The summed E-state index contributed by atoms with van der Waals surface area (Å²) in [6, 6.07) is 25.6. The zero-order chi connectivity index (χ0) is 16.9. The third-order valence-corrected chi connectivity index (χ3v) is 5.23. The minimum atomic E-state index is 0.553. The summed E-state index contributed by atoms with van der Waals surface area (Å²) in [6.07, 6.45) is 2.18. The van der Waals surface area contributed by atoms with Crippen LogP contribution in [0.2, 0.25) is 0 Å². The molecule has 0 aliphatic rings. The average molecular weight is 427 g/mol. The van der Waals surface area contributed by atoms with E-state index in [1.807, 2.05) is 18.2 Å². The van der Waals surface area contributed by atoms with Gasteiger partial charge in [-0.3, -0.25) is 0 Å². The zero-order valence-electron chi connectivity index (χ0n) is 13.9. The number of benzene rings is 3. The number of nitrogen functional groups attached to an aromatic ring is 1. The van der Waals surface area contributed by atoms with E-state index in [0.29, 0.717) is 5.92 Å². The molecule has 2 N–H and O–H groups in total. The minimum absolute atomic E-state index is 0.553. The summed E-state index contributed by atoms with van der Waals surface area (Å²) in [5.41, 5.74) is 12.2. The van der Waals surface area contributed by atoms with E-state index in [9.17, 15) is 0 Å². The second-order valence-corrected chi connectivity index (χ2v) is 7.52. The van der Waals surface area contributed by atoms with Crippen molar-refractivity contribution in [2.75, 3.05) is 5.73 Å². The van der Waals surface area contributed by atoms with Crippen molar-refractivity contribution >= 4 is 28.3 Å². The number of nitrogens with two attached hydrogens (primary N) is 1. The van der Waals surface area contributed by atoms with E-state index in [0.717, 1.165) is 24.1 Å². The molecule has 0 saturated heterocycles. The largest absolute Gasteiger partial charge is 0.398 e. The molecule has 0 fully saturated rings. The molecule has 0 aliphatic carbocycles. The van der Waals surface area contributed by atoms with Gasteiger partial charge in [0.2, 0.25) is 0 Å². The lowest BCUT2D eigenvalue weighted by Crippen LogP contribution is -1.98. The first-order chi connectivity index (χ1) is 11.6. The van der Waals surface area contributed by atoms with Crippen LogP contribution < -0.4 is 5.73 Å². The molecule has 1 nitrogen and oxygen atoms in total. The van der Waals surface area contributed by atoms with E-state index < -0.39 is 0 Å². The topological polar surface area (TPSA) is 26.0 Å². The van der Waals surface area contributed by atoms with Gasteiger partial charge in [-0.2, -0.15) is 0 Å². The zero-order valence-corrected chi connectivity index (χ0v) is 16.0. The van der Waals surface area contributed by atoms with E-state index in [2.05, 4.69) is 84.1 Å². The van der Waals surface area contributed by atoms with Gasteiger partial charge in [0.1, 0.15) is 0 Å². The van der Waals surface area contributed by atoms with Crippen LogP contribution in [-0.2, 0) is 6.42 Å².